The molecule has 0 spiro atoms. The van der Waals surface area contributed by atoms with Crippen LogP contribution in [-0.2, 0) is 14.3 Å². The van der Waals surface area contributed by atoms with E-state index in [0.717, 1.165) is 26.2 Å². The second kappa shape index (κ2) is 10.6. The molecule has 202 valence electrons. The molecule has 3 rings (SSSR count). The molecule has 1 aliphatic heterocycles. The SMILES string of the molecule is CNCC(=O)N(C)c1cc(NC(=O)[C@@H]2O[C@@](C)(C(F)(F)F)[C@@H](C)[C@H]2c2ccc(F)c(F)c2OC)ccn1. The van der Waals surface area contributed by atoms with Crippen LogP contribution in [0.15, 0.2) is 30.5 Å². The van der Waals surface area contributed by atoms with E-state index in [1.165, 1.54) is 37.2 Å². The number of pyridine rings is 1. The predicted molar refractivity (Wildman–Crippen MR) is 124 cm³/mol. The fraction of sp³-hybridized carbons (Fsp3) is 0.458. The quantitative estimate of drug-likeness (QED) is 0.532. The van der Waals surface area contributed by atoms with E-state index in [9.17, 15) is 31.5 Å². The molecule has 2 heterocycles. The van der Waals surface area contributed by atoms with Crippen LogP contribution < -0.4 is 20.3 Å². The minimum Gasteiger partial charge on any atom is -0.493 e. The molecule has 0 saturated carbocycles. The third-order valence-corrected chi connectivity index (χ3v) is 6.63. The Morgan fingerprint density at radius 3 is 2.51 bits per heavy atom. The van der Waals surface area contributed by atoms with E-state index in [2.05, 4.69) is 15.6 Å². The molecule has 0 aliphatic carbocycles. The zero-order chi connectivity index (χ0) is 27.7. The smallest absolute Gasteiger partial charge is 0.417 e. The number of carbonyl (C=O) groups is 2. The molecular formula is C24H27F5N4O4. The standard InChI is InChI=1S/C24H27F5N4O4/c1-12-18(14-6-7-15(25)19(26)20(14)36-5)21(37-23(12,2)24(27,28)29)22(35)32-13-8-9-31-16(10-13)33(4)17(34)11-30-3/h6-10,12,18,21,30H,11H2,1-5H3,(H,31,32,35)/t12-,18-,21+,23+/m0/s1. The summed E-state index contributed by atoms with van der Waals surface area (Å²) in [6.07, 6.45) is -5.33. The maximum Gasteiger partial charge on any atom is 0.417 e. The Labute approximate surface area is 210 Å². The summed E-state index contributed by atoms with van der Waals surface area (Å²) in [5.41, 5.74) is -2.79. The van der Waals surface area contributed by atoms with Crippen molar-refractivity contribution in [2.24, 2.45) is 5.92 Å². The first-order valence-corrected chi connectivity index (χ1v) is 11.2. The summed E-state index contributed by atoms with van der Waals surface area (Å²) in [6, 6.07) is 4.58. The number of hydrogen-bond acceptors (Lipinski definition) is 6. The van der Waals surface area contributed by atoms with Gasteiger partial charge in [-0.2, -0.15) is 17.6 Å². The average molecular weight is 530 g/mol. The molecule has 37 heavy (non-hydrogen) atoms. The van der Waals surface area contributed by atoms with Crippen LogP contribution >= 0.6 is 0 Å². The Morgan fingerprint density at radius 1 is 1.24 bits per heavy atom. The van der Waals surface area contributed by atoms with E-state index >= 15 is 0 Å². The van der Waals surface area contributed by atoms with Crippen molar-refractivity contribution in [2.75, 3.05) is 38.0 Å². The average Bonchev–Trinajstić information content (AvgIpc) is 3.12. The van der Waals surface area contributed by atoms with Gasteiger partial charge in [0.15, 0.2) is 17.2 Å². The maximum atomic E-state index is 14.5. The van der Waals surface area contributed by atoms with Crippen molar-refractivity contribution in [1.82, 2.24) is 10.3 Å². The van der Waals surface area contributed by atoms with Crippen LogP contribution in [0.2, 0.25) is 0 Å². The fourth-order valence-corrected chi connectivity index (χ4v) is 4.33. The summed E-state index contributed by atoms with van der Waals surface area (Å²) in [5.74, 6) is -7.10. The molecule has 2 amide bonds. The first kappa shape index (κ1) is 28.3. The summed E-state index contributed by atoms with van der Waals surface area (Å²) in [5, 5.41) is 5.20. The Kier molecular flexibility index (Phi) is 8.08. The van der Waals surface area contributed by atoms with Crippen molar-refractivity contribution in [3.05, 3.63) is 47.7 Å². The van der Waals surface area contributed by atoms with Gasteiger partial charge in [-0.25, -0.2) is 9.37 Å². The van der Waals surface area contributed by atoms with E-state index in [4.69, 9.17) is 9.47 Å². The van der Waals surface area contributed by atoms with Gasteiger partial charge in [-0.1, -0.05) is 13.0 Å². The van der Waals surface area contributed by atoms with Gasteiger partial charge in [0, 0.05) is 42.4 Å². The highest BCUT2D eigenvalue weighted by molar-refractivity contribution is 5.97. The van der Waals surface area contributed by atoms with E-state index < -0.39 is 53.0 Å². The number of hydrogen-bond donors (Lipinski definition) is 2. The van der Waals surface area contributed by atoms with Crippen LogP contribution in [0.4, 0.5) is 33.5 Å². The van der Waals surface area contributed by atoms with Crippen LogP contribution in [0.3, 0.4) is 0 Å². The lowest BCUT2D eigenvalue weighted by atomic mass is 9.77. The van der Waals surface area contributed by atoms with Gasteiger partial charge < -0.3 is 20.1 Å². The molecule has 13 heteroatoms. The van der Waals surface area contributed by atoms with Crippen molar-refractivity contribution >= 4 is 23.3 Å². The molecule has 8 nitrogen and oxygen atoms in total. The summed E-state index contributed by atoms with van der Waals surface area (Å²) in [6.45, 7) is 2.05. The Balaban J connectivity index is 2.01. The number of methoxy groups -OCH3 is 1. The molecule has 1 aromatic carbocycles. The van der Waals surface area contributed by atoms with Crippen molar-refractivity contribution in [3.8, 4) is 5.75 Å². The lowest BCUT2D eigenvalue weighted by Crippen LogP contribution is -2.47. The Morgan fingerprint density at radius 2 is 1.92 bits per heavy atom. The van der Waals surface area contributed by atoms with Crippen LogP contribution in [0.25, 0.3) is 0 Å². The topological polar surface area (TPSA) is 92.8 Å². The van der Waals surface area contributed by atoms with Gasteiger partial charge in [0.1, 0.15) is 11.9 Å². The number of rotatable bonds is 7. The third kappa shape index (κ3) is 5.23. The number of benzene rings is 1. The predicted octanol–water partition coefficient (Wildman–Crippen LogP) is 3.63. The number of aromatic nitrogens is 1. The molecule has 0 bridgehead atoms. The van der Waals surface area contributed by atoms with E-state index in [0.29, 0.717) is 0 Å². The summed E-state index contributed by atoms with van der Waals surface area (Å²) < 4.78 is 80.9. The monoisotopic (exact) mass is 530 g/mol. The summed E-state index contributed by atoms with van der Waals surface area (Å²) in [4.78, 5) is 30.7. The van der Waals surface area contributed by atoms with Gasteiger partial charge in [0.2, 0.25) is 11.7 Å². The summed E-state index contributed by atoms with van der Waals surface area (Å²) in [7, 11) is 4.10. The molecule has 1 fully saturated rings. The number of anilines is 2. The number of halogens is 5. The molecular weight excluding hydrogens is 503 g/mol. The summed E-state index contributed by atoms with van der Waals surface area (Å²) >= 11 is 0. The lowest BCUT2D eigenvalue weighted by molar-refractivity contribution is -0.272. The van der Waals surface area contributed by atoms with Crippen molar-refractivity contribution in [1.29, 1.82) is 0 Å². The van der Waals surface area contributed by atoms with Crippen LogP contribution in [0.5, 0.6) is 5.75 Å². The van der Waals surface area contributed by atoms with Crippen LogP contribution in [0, 0.1) is 17.6 Å². The van der Waals surface area contributed by atoms with E-state index in [-0.39, 0.29) is 29.5 Å². The van der Waals surface area contributed by atoms with Gasteiger partial charge in [-0.15, -0.1) is 0 Å². The molecule has 1 saturated heterocycles. The Bertz CT molecular complexity index is 1180. The first-order chi connectivity index (χ1) is 17.3. The van der Waals surface area contributed by atoms with Crippen molar-refractivity contribution in [3.63, 3.8) is 0 Å². The molecule has 4 atom stereocenters. The Hall–Kier alpha value is -3.32. The zero-order valence-electron chi connectivity index (χ0n) is 20.7. The minimum absolute atomic E-state index is 0.0241. The van der Waals surface area contributed by atoms with E-state index in [1.807, 2.05) is 0 Å². The van der Waals surface area contributed by atoms with Crippen molar-refractivity contribution in [2.45, 2.75) is 37.6 Å². The fourth-order valence-electron chi connectivity index (χ4n) is 4.33. The van der Waals surface area contributed by atoms with Gasteiger partial charge >= 0.3 is 6.18 Å². The van der Waals surface area contributed by atoms with E-state index in [1.54, 1.807) is 7.05 Å². The van der Waals surface area contributed by atoms with Gasteiger partial charge in [0.05, 0.1) is 13.7 Å². The maximum absolute atomic E-state index is 14.5. The van der Waals surface area contributed by atoms with Crippen molar-refractivity contribution < 1.29 is 41.0 Å². The molecule has 2 N–H and O–H groups in total. The molecule has 0 unspecified atom stereocenters. The number of alkyl halides is 3. The molecule has 2 aromatic rings. The first-order valence-electron chi connectivity index (χ1n) is 11.2. The molecule has 1 aliphatic rings. The van der Waals surface area contributed by atoms with Crippen LogP contribution in [0.1, 0.15) is 25.3 Å². The number of nitrogens with zero attached hydrogens (tertiary/aromatic N) is 2. The second-order valence-corrected chi connectivity index (χ2v) is 8.82. The third-order valence-electron chi connectivity index (χ3n) is 6.63. The second-order valence-electron chi connectivity index (χ2n) is 8.82. The highest BCUT2D eigenvalue weighted by Crippen LogP contribution is 2.55. The lowest BCUT2D eigenvalue weighted by Gasteiger charge is -2.32. The highest BCUT2D eigenvalue weighted by atomic mass is 19.4. The minimum atomic E-state index is -4.88. The number of likely N-dealkylation sites (N-methyl/N-ethyl adjacent to an activating group) is 2. The zero-order valence-corrected chi connectivity index (χ0v) is 20.7. The molecule has 1 aromatic heterocycles. The van der Waals surface area contributed by atoms with Gasteiger partial charge in [-0.3, -0.25) is 14.5 Å². The largest absolute Gasteiger partial charge is 0.493 e. The number of ether oxygens (including phenoxy) is 2. The number of amides is 2. The van der Waals surface area contributed by atoms with Gasteiger partial charge in [0.25, 0.3) is 5.91 Å². The molecule has 0 radical (unpaired) electrons. The van der Waals surface area contributed by atoms with Crippen LogP contribution in [-0.4, -0.2) is 62.4 Å². The number of carbonyl (C=O) groups excluding carboxylic acids is 2. The highest BCUT2D eigenvalue weighted by Gasteiger charge is 2.65. The number of nitrogens with one attached hydrogen (secondary N) is 2. The van der Waals surface area contributed by atoms with Gasteiger partial charge in [-0.05, 0) is 26.1 Å². The normalized spacial score (nSPS) is 23.6.